The zero-order valence-electron chi connectivity index (χ0n) is 18.4. The Morgan fingerprint density at radius 2 is 1.58 bits per heavy atom. The van der Waals surface area contributed by atoms with E-state index < -0.39 is 0 Å². The normalized spacial score (nSPS) is 16.6. The summed E-state index contributed by atoms with van der Waals surface area (Å²) in [7, 11) is 2.33. The zero-order valence-corrected chi connectivity index (χ0v) is 18.4. The maximum absolute atomic E-state index is 3.71. The summed E-state index contributed by atoms with van der Waals surface area (Å²) < 4.78 is 0. The largest absolute Gasteiger partial charge is 0.313 e. The van der Waals surface area contributed by atoms with Crippen molar-refractivity contribution < 1.29 is 0 Å². The molecule has 24 heavy (non-hydrogen) atoms. The van der Waals surface area contributed by atoms with E-state index in [0.717, 1.165) is 31.0 Å². The number of hydrogen-bond donors (Lipinski definition) is 1. The van der Waals surface area contributed by atoms with E-state index in [2.05, 4.69) is 72.7 Å². The molecule has 0 amide bonds. The molecule has 0 radical (unpaired) electrons. The predicted molar refractivity (Wildman–Crippen MR) is 111 cm³/mol. The predicted octanol–water partition coefficient (Wildman–Crippen LogP) is 5.96. The summed E-state index contributed by atoms with van der Waals surface area (Å²) in [6.45, 7) is 21.0. The van der Waals surface area contributed by atoms with Gasteiger partial charge < -0.3 is 10.2 Å². The van der Waals surface area contributed by atoms with Crippen molar-refractivity contribution in [1.29, 1.82) is 0 Å². The number of rotatable bonds is 13. The summed E-state index contributed by atoms with van der Waals surface area (Å²) in [6.07, 6.45) is 7.95. The maximum atomic E-state index is 3.71. The van der Waals surface area contributed by atoms with Crippen LogP contribution in [-0.4, -0.2) is 37.1 Å². The van der Waals surface area contributed by atoms with E-state index in [4.69, 9.17) is 0 Å². The third-order valence-electron chi connectivity index (χ3n) is 5.32. The molecule has 2 unspecified atom stereocenters. The van der Waals surface area contributed by atoms with Gasteiger partial charge in [-0.05, 0) is 63.3 Å². The van der Waals surface area contributed by atoms with Crippen molar-refractivity contribution >= 4 is 0 Å². The van der Waals surface area contributed by atoms with Crippen LogP contribution in [0.5, 0.6) is 0 Å². The lowest BCUT2D eigenvalue weighted by Crippen LogP contribution is -2.40. The summed E-state index contributed by atoms with van der Waals surface area (Å²) in [5.74, 6) is 1.64. The summed E-state index contributed by atoms with van der Waals surface area (Å²) in [6, 6.07) is 1.37. The zero-order chi connectivity index (χ0) is 18.8. The van der Waals surface area contributed by atoms with Gasteiger partial charge in [-0.1, -0.05) is 54.9 Å². The summed E-state index contributed by atoms with van der Waals surface area (Å²) in [5, 5.41) is 3.71. The smallest absolute Gasteiger partial charge is 0.0107 e. The van der Waals surface area contributed by atoms with E-state index in [-0.39, 0.29) is 0 Å². The summed E-state index contributed by atoms with van der Waals surface area (Å²) in [5.41, 5.74) is 0.444. The fourth-order valence-corrected chi connectivity index (χ4v) is 3.33. The number of hydrogen-bond acceptors (Lipinski definition) is 2. The van der Waals surface area contributed by atoms with E-state index in [1.54, 1.807) is 0 Å². The molecule has 0 aromatic rings. The van der Waals surface area contributed by atoms with Crippen molar-refractivity contribution in [3.8, 4) is 0 Å². The third kappa shape index (κ3) is 13.2. The fraction of sp³-hybridized carbons (Fsp3) is 1.00. The first-order chi connectivity index (χ1) is 11.0. The van der Waals surface area contributed by atoms with E-state index in [1.165, 1.54) is 38.5 Å². The lowest BCUT2D eigenvalue weighted by atomic mass is 9.86. The van der Waals surface area contributed by atoms with Crippen molar-refractivity contribution in [1.82, 2.24) is 10.2 Å². The van der Waals surface area contributed by atoms with Gasteiger partial charge in [0.2, 0.25) is 0 Å². The molecule has 0 heterocycles. The lowest BCUT2D eigenvalue weighted by molar-refractivity contribution is 0.185. The Hall–Kier alpha value is -0.0800. The molecule has 0 rings (SSSR count). The van der Waals surface area contributed by atoms with Crippen molar-refractivity contribution in [3.63, 3.8) is 0 Å². The first kappa shape index (κ1) is 23.9. The molecule has 2 nitrogen and oxygen atoms in total. The standard InChI is InChI=1S/C22H48N2/c1-10-19(4)11-12-21(13-14-22(6,7)8)24(9)16-15-23-20(5)17-18(2)3/h18-21,23H,10-17H2,1-9H3/t19?,20-,21?/m1/s1. The second kappa shape index (κ2) is 12.3. The quantitative estimate of drug-likeness (QED) is 0.445. The minimum Gasteiger partial charge on any atom is -0.313 e. The summed E-state index contributed by atoms with van der Waals surface area (Å²) >= 11 is 0. The Bertz CT molecular complexity index is 293. The number of nitrogens with zero attached hydrogens (tertiary/aromatic N) is 1. The van der Waals surface area contributed by atoms with E-state index in [9.17, 15) is 0 Å². The molecule has 0 aromatic heterocycles. The van der Waals surface area contributed by atoms with Gasteiger partial charge in [0, 0.05) is 25.2 Å². The van der Waals surface area contributed by atoms with Crippen molar-refractivity contribution in [2.45, 2.75) is 106 Å². The minimum absolute atomic E-state index is 0.444. The molecule has 0 saturated heterocycles. The van der Waals surface area contributed by atoms with Crippen LogP contribution in [0.1, 0.15) is 93.9 Å². The van der Waals surface area contributed by atoms with E-state index >= 15 is 0 Å². The van der Waals surface area contributed by atoms with Crippen LogP contribution in [0, 0.1) is 17.3 Å². The van der Waals surface area contributed by atoms with Gasteiger partial charge in [0.25, 0.3) is 0 Å². The Morgan fingerprint density at radius 1 is 0.958 bits per heavy atom. The maximum Gasteiger partial charge on any atom is 0.0107 e. The van der Waals surface area contributed by atoms with Crippen LogP contribution >= 0.6 is 0 Å². The highest BCUT2D eigenvalue weighted by Crippen LogP contribution is 2.25. The second-order valence-corrected chi connectivity index (χ2v) is 9.81. The van der Waals surface area contributed by atoms with Crippen molar-refractivity contribution in [2.75, 3.05) is 20.1 Å². The third-order valence-corrected chi connectivity index (χ3v) is 5.32. The molecule has 3 atom stereocenters. The van der Waals surface area contributed by atoms with Gasteiger partial charge in [-0.3, -0.25) is 0 Å². The van der Waals surface area contributed by atoms with Gasteiger partial charge in [-0.2, -0.15) is 0 Å². The number of nitrogens with one attached hydrogen (secondary N) is 1. The van der Waals surface area contributed by atoms with Gasteiger partial charge >= 0.3 is 0 Å². The van der Waals surface area contributed by atoms with Gasteiger partial charge in [0.15, 0.2) is 0 Å². The molecule has 2 heteroatoms. The number of likely N-dealkylation sites (N-methyl/N-ethyl adjacent to an activating group) is 1. The van der Waals surface area contributed by atoms with Gasteiger partial charge in [-0.25, -0.2) is 0 Å². The van der Waals surface area contributed by atoms with Crippen LogP contribution in [-0.2, 0) is 0 Å². The monoisotopic (exact) mass is 340 g/mol. The van der Waals surface area contributed by atoms with Crippen LogP contribution in [0.3, 0.4) is 0 Å². The summed E-state index contributed by atoms with van der Waals surface area (Å²) in [4.78, 5) is 2.61. The molecule has 0 bridgehead atoms. The topological polar surface area (TPSA) is 15.3 Å². The van der Waals surface area contributed by atoms with Crippen LogP contribution in [0.15, 0.2) is 0 Å². The van der Waals surface area contributed by atoms with Crippen molar-refractivity contribution in [3.05, 3.63) is 0 Å². The van der Waals surface area contributed by atoms with Gasteiger partial charge in [-0.15, -0.1) is 0 Å². The van der Waals surface area contributed by atoms with E-state index in [0.29, 0.717) is 11.5 Å². The Balaban J connectivity index is 4.35. The highest BCUT2D eigenvalue weighted by Gasteiger charge is 2.19. The molecule has 0 spiro atoms. The average Bonchev–Trinajstić information content (AvgIpc) is 2.44. The molecule has 146 valence electrons. The molecule has 1 N–H and O–H groups in total. The Labute approximate surface area is 154 Å². The Kier molecular flexibility index (Phi) is 12.3. The van der Waals surface area contributed by atoms with Crippen LogP contribution in [0.25, 0.3) is 0 Å². The SMILES string of the molecule is CCC(C)CCC(CCC(C)(C)C)N(C)CCN[C@H](C)CC(C)C. The molecular formula is C22H48N2. The van der Waals surface area contributed by atoms with Gasteiger partial charge in [0.05, 0.1) is 0 Å². The van der Waals surface area contributed by atoms with Crippen LogP contribution in [0.2, 0.25) is 0 Å². The molecule has 0 saturated carbocycles. The van der Waals surface area contributed by atoms with Crippen LogP contribution in [0.4, 0.5) is 0 Å². The van der Waals surface area contributed by atoms with Gasteiger partial charge in [0.1, 0.15) is 0 Å². The molecule has 0 aromatic carbocycles. The average molecular weight is 341 g/mol. The van der Waals surface area contributed by atoms with Crippen molar-refractivity contribution in [2.24, 2.45) is 17.3 Å². The first-order valence-electron chi connectivity index (χ1n) is 10.5. The van der Waals surface area contributed by atoms with Crippen LogP contribution < -0.4 is 5.32 Å². The fourth-order valence-electron chi connectivity index (χ4n) is 3.33. The van der Waals surface area contributed by atoms with E-state index in [1.807, 2.05) is 0 Å². The molecule has 0 aliphatic rings. The second-order valence-electron chi connectivity index (χ2n) is 9.81. The minimum atomic E-state index is 0.444. The highest BCUT2D eigenvalue weighted by atomic mass is 15.1. The lowest BCUT2D eigenvalue weighted by Gasteiger charge is -2.32. The molecular weight excluding hydrogens is 292 g/mol. The molecule has 0 fully saturated rings. The first-order valence-corrected chi connectivity index (χ1v) is 10.5. The molecule has 0 aliphatic carbocycles. The Morgan fingerprint density at radius 3 is 2.08 bits per heavy atom. The molecule has 0 aliphatic heterocycles. The highest BCUT2D eigenvalue weighted by molar-refractivity contribution is 4.75.